The Balaban J connectivity index is 1.81. The topological polar surface area (TPSA) is 57.7 Å². The van der Waals surface area contributed by atoms with Gasteiger partial charge in [-0.15, -0.1) is 0 Å². The van der Waals surface area contributed by atoms with Crippen molar-refractivity contribution in [3.8, 4) is 0 Å². The van der Waals surface area contributed by atoms with E-state index in [1.807, 2.05) is 19.1 Å². The first-order valence-corrected chi connectivity index (χ1v) is 8.96. The number of benzene rings is 1. The van der Waals surface area contributed by atoms with Gasteiger partial charge in [-0.25, -0.2) is 8.42 Å². The van der Waals surface area contributed by atoms with Gasteiger partial charge >= 0.3 is 0 Å². The molecule has 1 saturated heterocycles. The van der Waals surface area contributed by atoms with Gasteiger partial charge in [-0.3, -0.25) is 4.79 Å². The predicted molar refractivity (Wildman–Crippen MR) is 81.8 cm³/mol. The monoisotopic (exact) mass is 308 g/mol. The van der Waals surface area contributed by atoms with E-state index in [0.717, 1.165) is 18.5 Å². The van der Waals surface area contributed by atoms with Gasteiger partial charge in [0.05, 0.1) is 12.3 Å². The molecular weight excluding hydrogens is 288 g/mol. The Hall–Kier alpha value is -1.40. The molecule has 0 spiro atoms. The Morgan fingerprint density at radius 1 is 1.24 bits per heavy atom. The fraction of sp³-hybridized carbons (Fsp3) is 0.533. The summed E-state index contributed by atoms with van der Waals surface area (Å²) in [5.41, 5.74) is 3.30. The highest BCUT2D eigenvalue weighted by Crippen LogP contribution is 2.28. The number of amides is 1. The molecule has 21 heavy (non-hydrogen) atoms. The average Bonchev–Trinajstić information content (AvgIpc) is 2.76. The zero-order valence-electron chi connectivity index (χ0n) is 12.2. The van der Waals surface area contributed by atoms with E-state index in [0.29, 0.717) is 19.5 Å². The highest BCUT2D eigenvalue weighted by molar-refractivity contribution is 7.89. The van der Waals surface area contributed by atoms with E-state index in [1.165, 1.54) is 15.4 Å². The molecule has 5 nitrogen and oxygen atoms in total. The number of rotatable bonds is 2. The van der Waals surface area contributed by atoms with Gasteiger partial charge in [0.25, 0.3) is 0 Å². The van der Waals surface area contributed by atoms with Gasteiger partial charge in [-0.1, -0.05) is 17.7 Å². The number of anilines is 1. The number of carbonyl (C=O) groups is 1. The summed E-state index contributed by atoms with van der Waals surface area (Å²) in [5, 5.41) is 0. The first kappa shape index (κ1) is 14.5. The van der Waals surface area contributed by atoms with E-state index in [4.69, 9.17) is 0 Å². The standard InChI is InChI=1S/C15H20N2O3S/c1-12-5-6-14-13(10-12)4-2-8-17(14)15(18)11-16-7-3-9-21(16,19)20/h5-6,10H,2-4,7-9,11H2,1H3. The molecule has 3 rings (SSSR count). The van der Waals surface area contributed by atoms with Crippen LogP contribution in [0, 0.1) is 6.92 Å². The van der Waals surface area contributed by atoms with Crippen LogP contribution < -0.4 is 4.90 Å². The van der Waals surface area contributed by atoms with Crippen LogP contribution in [-0.4, -0.2) is 44.0 Å². The molecular formula is C15H20N2O3S. The minimum Gasteiger partial charge on any atom is -0.311 e. The predicted octanol–water partition coefficient (Wildman–Crippen LogP) is 1.31. The minimum absolute atomic E-state index is 0.0321. The summed E-state index contributed by atoms with van der Waals surface area (Å²) in [6.45, 7) is 3.14. The smallest absolute Gasteiger partial charge is 0.242 e. The van der Waals surface area contributed by atoms with Crippen molar-refractivity contribution in [2.45, 2.75) is 26.2 Å². The number of hydrogen-bond acceptors (Lipinski definition) is 3. The molecule has 0 radical (unpaired) electrons. The maximum Gasteiger partial charge on any atom is 0.242 e. The van der Waals surface area contributed by atoms with Crippen molar-refractivity contribution in [3.05, 3.63) is 29.3 Å². The number of sulfonamides is 1. The Bertz CT molecular complexity index is 669. The number of fused-ring (bicyclic) bond motifs is 1. The van der Waals surface area contributed by atoms with Crippen LogP contribution in [0.25, 0.3) is 0 Å². The molecule has 0 bridgehead atoms. The van der Waals surface area contributed by atoms with E-state index < -0.39 is 10.0 Å². The summed E-state index contributed by atoms with van der Waals surface area (Å²) in [7, 11) is -3.22. The first-order valence-electron chi connectivity index (χ1n) is 7.35. The van der Waals surface area contributed by atoms with E-state index in [9.17, 15) is 13.2 Å². The highest BCUT2D eigenvalue weighted by Gasteiger charge is 2.32. The van der Waals surface area contributed by atoms with Crippen molar-refractivity contribution in [3.63, 3.8) is 0 Å². The zero-order chi connectivity index (χ0) is 15.0. The SMILES string of the molecule is Cc1ccc2c(c1)CCCN2C(=O)CN1CCCS1(=O)=O. The molecule has 0 atom stereocenters. The van der Waals surface area contributed by atoms with E-state index in [1.54, 1.807) is 4.90 Å². The van der Waals surface area contributed by atoms with Crippen LogP contribution in [0.4, 0.5) is 5.69 Å². The van der Waals surface area contributed by atoms with E-state index in [2.05, 4.69) is 6.07 Å². The molecule has 6 heteroatoms. The van der Waals surface area contributed by atoms with Crippen LogP contribution in [0.5, 0.6) is 0 Å². The molecule has 0 unspecified atom stereocenters. The van der Waals surface area contributed by atoms with Crippen LogP contribution in [-0.2, 0) is 21.2 Å². The molecule has 2 aliphatic heterocycles. The lowest BCUT2D eigenvalue weighted by Crippen LogP contribution is -2.43. The largest absolute Gasteiger partial charge is 0.311 e. The van der Waals surface area contributed by atoms with Gasteiger partial charge in [-0.05, 0) is 37.8 Å². The van der Waals surface area contributed by atoms with Crippen molar-refractivity contribution in [2.75, 3.05) is 30.3 Å². The zero-order valence-corrected chi connectivity index (χ0v) is 13.0. The van der Waals surface area contributed by atoms with E-state index in [-0.39, 0.29) is 18.2 Å². The summed E-state index contributed by atoms with van der Waals surface area (Å²) in [4.78, 5) is 14.3. The highest BCUT2D eigenvalue weighted by atomic mass is 32.2. The van der Waals surface area contributed by atoms with Gasteiger partial charge in [0.15, 0.2) is 0 Å². The Labute approximate surface area is 125 Å². The summed E-state index contributed by atoms with van der Waals surface area (Å²) in [5.74, 6) is 0.0426. The maximum absolute atomic E-state index is 12.5. The molecule has 1 aromatic carbocycles. The van der Waals surface area contributed by atoms with Crippen molar-refractivity contribution >= 4 is 21.6 Å². The molecule has 1 fully saturated rings. The molecule has 114 valence electrons. The van der Waals surface area contributed by atoms with Gasteiger partial charge in [-0.2, -0.15) is 4.31 Å². The van der Waals surface area contributed by atoms with Crippen molar-refractivity contribution < 1.29 is 13.2 Å². The molecule has 0 N–H and O–H groups in total. The number of hydrogen-bond donors (Lipinski definition) is 0. The average molecular weight is 308 g/mol. The van der Waals surface area contributed by atoms with Crippen molar-refractivity contribution in [1.82, 2.24) is 4.31 Å². The molecule has 2 heterocycles. The second-order valence-corrected chi connectivity index (χ2v) is 7.87. The summed E-state index contributed by atoms with van der Waals surface area (Å²) < 4.78 is 25.0. The fourth-order valence-electron chi connectivity index (χ4n) is 3.09. The lowest BCUT2D eigenvalue weighted by Gasteiger charge is -2.31. The Morgan fingerprint density at radius 3 is 2.76 bits per heavy atom. The fourth-order valence-corrected chi connectivity index (χ4v) is 4.56. The van der Waals surface area contributed by atoms with Crippen LogP contribution in [0.3, 0.4) is 0 Å². The Morgan fingerprint density at radius 2 is 2.05 bits per heavy atom. The summed E-state index contributed by atoms with van der Waals surface area (Å²) in [6, 6.07) is 6.08. The lowest BCUT2D eigenvalue weighted by molar-refractivity contribution is -0.118. The van der Waals surface area contributed by atoms with Gasteiger partial charge in [0.2, 0.25) is 15.9 Å². The van der Waals surface area contributed by atoms with Crippen LogP contribution in [0.15, 0.2) is 18.2 Å². The first-order chi connectivity index (χ1) is 9.97. The third kappa shape index (κ3) is 2.82. The maximum atomic E-state index is 12.5. The van der Waals surface area contributed by atoms with Crippen LogP contribution in [0.2, 0.25) is 0 Å². The van der Waals surface area contributed by atoms with Gasteiger partial charge in [0, 0.05) is 18.8 Å². The van der Waals surface area contributed by atoms with E-state index >= 15 is 0 Å². The second kappa shape index (κ2) is 5.42. The van der Waals surface area contributed by atoms with Crippen LogP contribution >= 0.6 is 0 Å². The van der Waals surface area contributed by atoms with Crippen molar-refractivity contribution in [1.29, 1.82) is 0 Å². The summed E-state index contributed by atoms with van der Waals surface area (Å²) >= 11 is 0. The normalized spacial score (nSPS) is 21.3. The Kier molecular flexibility index (Phi) is 3.75. The summed E-state index contributed by atoms with van der Waals surface area (Å²) in [6.07, 6.45) is 2.52. The van der Waals surface area contributed by atoms with Crippen molar-refractivity contribution in [2.24, 2.45) is 0 Å². The molecule has 1 aromatic rings. The molecule has 0 aromatic heterocycles. The molecule has 0 saturated carbocycles. The lowest BCUT2D eigenvalue weighted by atomic mass is 9.99. The number of aryl methyl sites for hydroxylation is 2. The minimum atomic E-state index is -3.22. The van der Waals surface area contributed by atoms with Crippen LogP contribution in [0.1, 0.15) is 24.0 Å². The molecule has 0 aliphatic carbocycles. The molecule has 2 aliphatic rings. The number of nitrogens with zero attached hydrogens (tertiary/aromatic N) is 2. The van der Waals surface area contributed by atoms with Gasteiger partial charge < -0.3 is 4.90 Å². The molecule has 1 amide bonds. The van der Waals surface area contributed by atoms with Gasteiger partial charge in [0.1, 0.15) is 0 Å². The third-order valence-corrected chi connectivity index (χ3v) is 6.07. The third-order valence-electron chi connectivity index (χ3n) is 4.17. The quantitative estimate of drug-likeness (QED) is 0.828. The number of carbonyl (C=O) groups excluding carboxylic acids is 1. The second-order valence-electron chi connectivity index (χ2n) is 5.78.